The standard InChI is InChI=1S/C17H26N2O2/c1-13(2)12-21-16-6-4-3-5-15(16)11-19-17(20)14-7-9-18-10-8-14/h3-6,13-14,18H,7-12H2,1-2H3,(H,19,20). The zero-order chi connectivity index (χ0) is 15.1. The van der Waals surface area contributed by atoms with Crippen molar-refractivity contribution < 1.29 is 9.53 Å². The number of rotatable bonds is 6. The molecule has 0 atom stereocenters. The van der Waals surface area contributed by atoms with Crippen molar-refractivity contribution in [3.8, 4) is 5.75 Å². The lowest BCUT2D eigenvalue weighted by Gasteiger charge is -2.22. The largest absolute Gasteiger partial charge is 0.493 e. The molecule has 4 heteroatoms. The van der Waals surface area contributed by atoms with Gasteiger partial charge < -0.3 is 15.4 Å². The number of ether oxygens (including phenoxy) is 1. The van der Waals surface area contributed by atoms with Crippen LogP contribution < -0.4 is 15.4 Å². The van der Waals surface area contributed by atoms with Crippen LogP contribution in [0.4, 0.5) is 0 Å². The molecular formula is C17H26N2O2. The number of piperidine rings is 1. The molecule has 0 unspecified atom stereocenters. The number of hydrogen-bond acceptors (Lipinski definition) is 3. The number of carbonyl (C=O) groups excluding carboxylic acids is 1. The topological polar surface area (TPSA) is 50.4 Å². The average molecular weight is 290 g/mol. The number of carbonyl (C=O) groups is 1. The second kappa shape index (κ2) is 8.03. The van der Waals surface area contributed by atoms with E-state index in [-0.39, 0.29) is 11.8 Å². The first kappa shape index (κ1) is 15.8. The Balaban J connectivity index is 1.88. The second-order valence-electron chi connectivity index (χ2n) is 6.05. The lowest BCUT2D eigenvalue weighted by atomic mass is 9.97. The highest BCUT2D eigenvalue weighted by molar-refractivity contribution is 5.78. The first-order chi connectivity index (χ1) is 10.2. The molecule has 1 heterocycles. The van der Waals surface area contributed by atoms with E-state index in [1.54, 1.807) is 0 Å². The minimum atomic E-state index is 0.148. The Morgan fingerprint density at radius 2 is 2.05 bits per heavy atom. The van der Waals surface area contributed by atoms with Gasteiger partial charge in [0.15, 0.2) is 0 Å². The first-order valence-corrected chi connectivity index (χ1v) is 7.86. The summed E-state index contributed by atoms with van der Waals surface area (Å²) in [5.74, 6) is 1.67. The van der Waals surface area contributed by atoms with Crippen LogP contribution in [0.3, 0.4) is 0 Å². The minimum absolute atomic E-state index is 0.148. The summed E-state index contributed by atoms with van der Waals surface area (Å²) >= 11 is 0. The molecule has 1 aliphatic heterocycles. The van der Waals surface area contributed by atoms with E-state index in [4.69, 9.17) is 4.74 Å². The fraction of sp³-hybridized carbons (Fsp3) is 0.588. The van der Waals surface area contributed by atoms with Crippen LogP contribution in [-0.4, -0.2) is 25.6 Å². The molecule has 0 bridgehead atoms. The highest BCUT2D eigenvalue weighted by Gasteiger charge is 2.20. The molecule has 1 saturated heterocycles. The summed E-state index contributed by atoms with van der Waals surface area (Å²) in [6.45, 7) is 7.36. The van der Waals surface area contributed by atoms with Crippen LogP contribution in [0.15, 0.2) is 24.3 Å². The molecule has 0 radical (unpaired) electrons. The maximum absolute atomic E-state index is 12.2. The Morgan fingerprint density at radius 1 is 1.33 bits per heavy atom. The van der Waals surface area contributed by atoms with E-state index in [0.717, 1.165) is 37.2 Å². The molecular weight excluding hydrogens is 264 g/mol. The lowest BCUT2D eigenvalue weighted by Crippen LogP contribution is -2.37. The summed E-state index contributed by atoms with van der Waals surface area (Å²) < 4.78 is 5.82. The molecule has 1 aromatic carbocycles. The van der Waals surface area contributed by atoms with Crippen LogP contribution in [0, 0.1) is 11.8 Å². The van der Waals surface area contributed by atoms with Crippen molar-refractivity contribution in [1.82, 2.24) is 10.6 Å². The Bertz CT molecular complexity index is 454. The SMILES string of the molecule is CC(C)COc1ccccc1CNC(=O)C1CCNCC1. The summed E-state index contributed by atoms with van der Waals surface area (Å²) in [5.41, 5.74) is 1.04. The molecule has 2 N–H and O–H groups in total. The van der Waals surface area contributed by atoms with E-state index < -0.39 is 0 Å². The molecule has 0 aromatic heterocycles. The van der Waals surface area contributed by atoms with E-state index in [1.807, 2.05) is 24.3 Å². The number of nitrogens with one attached hydrogen (secondary N) is 2. The molecule has 116 valence electrons. The van der Waals surface area contributed by atoms with Crippen molar-refractivity contribution in [2.75, 3.05) is 19.7 Å². The van der Waals surface area contributed by atoms with Gasteiger partial charge in [-0.25, -0.2) is 0 Å². The fourth-order valence-corrected chi connectivity index (χ4v) is 2.46. The van der Waals surface area contributed by atoms with E-state index >= 15 is 0 Å². The van der Waals surface area contributed by atoms with Gasteiger partial charge in [0, 0.05) is 18.0 Å². The van der Waals surface area contributed by atoms with Crippen molar-refractivity contribution in [2.24, 2.45) is 11.8 Å². The van der Waals surface area contributed by atoms with Gasteiger partial charge in [-0.05, 0) is 37.9 Å². The highest BCUT2D eigenvalue weighted by atomic mass is 16.5. The summed E-state index contributed by atoms with van der Waals surface area (Å²) in [6.07, 6.45) is 1.86. The molecule has 21 heavy (non-hydrogen) atoms. The number of amides is 1. The van der Waals surface area contributed by atoms with Gasteiger partial charge in [0.1, 0.15) is 5.75 Å². The van der Waals surface area contributed by atoms with E-state index in [9.17, 15) is 4.79 Å². The van der Waals surface area contributed by atoms with Crippen LogP contribution >= 0.6 is 0 Å². The third kappa shape index (κ3) is 5.05. The Labute approximate surface area is 127 Å². The van der Waals surface area contributed by atoms with Gasteiger partial charge >= 0.3 is 0 Å². The molecule has 2 rings (SSSR count). The van der Waals surface area contributed by atoms with Crippen molar-refractivity contribution >= 4 is 5.91 Å². The second-order valence-corrected chi connectivity index (χ2v) is 6.05. The van der Waals surface area contributed by atoms with Gasteiger partial charge in [-0.2, -0.15) is 0 Å². The molecule has 0 aliphatic carbocycles. The van der Waals surface area contributed by atoms with Gasteiger partial charge in [0.2, 0.25) is 5.91 Å². The molecule has 0 saturated carbocycles. The van der Waals surface area contributed by atoms with Gasteiger partial charge in [0.25, 0.3) is 0 Å². The Morgan fingerprint density at radius 3 is 2.76 bits per heavy atom. The zero-order valence-corrected chi connectivity index (χ0v) is 13.0. The van der Waals surface area contributed by atoms with Gasteiger partial charge in [-0.1, -0.05) is 32.0 Å². The molecule has 1 aromatic rings. The smallest absolute Gasteiger partial charge is 0.223 e. The van der Waals surface area contributed by atoms with Gasteiger partial charge in [-0.15, -0.1) is 0 Å². The molecule has 0 spiro atoms. The Hall–Kier alpha value is -1.55. The summed E-state index contributed by atoms with van der Waals surface area (Å²) in [7, 11) is 0. The highest BCUT2D eigenvalue weighted by Crippen LogP contribution is 2.19. The lowest BCUT2D eigenvalue weighted by molar-refractivity contribution is -0.125. The number of para-hydroxylation sites is 1. The average Bonchev–Trinajstić information content (AvgIpc) is 2.52. The van der Waals surface area contributed by atoms with E-state index in [0.29, 0.717) is 19.1 Å². The van der Waals surface area contributed by atoms with Crippen LogP contribution in [-0.2, 0) is 11.3 Å². The van der Waals surface area contributed by atoms with Crippen LogP contribution in [0.25, 0.3) is 0 Å². The molecule has 1 fully saturated rings. The number of benzene rings is 1. The zero-order valence-electron chi connectivity index (χ0n) is 13.0. The number of hydrogen-bond donors (Lipinski definition) is 2. The molecule has 1 amide bonds. The van der Waals surface area contributed by atoms with Gasteiger partial charge in [0.05, 0.1) is 6.61 Å². The summed E-state index contributed by atoms with van der Waals surface area (Å²) in [4.78, 5) is 12.2. The van der Waals surface area contributed by atoms with Crippen molar-refractivity contribution in [1.29, 1.82) is 0 Å². The summed E-state index contributed by atoms with van der Waals surface area (Å²) in [6, 6.07) is 7.93. The normalized spacial score (nSPS) is 16.0. The monoisotopic (exact) mass is 290 g/mol. The van der Waals surface area contributed by atoms with E-state index in [2.05, 4.69) is 24.5 Å². The third-order valence-electron chi connectivity index (χ3n) is 3.71. The maximum Gasteiger partial charge on any atom is 0.223 e. The Kier molecular flexibility index (Phi) is 6.05. The van der Waals surface area contributed by atoms with Gasteiger partial charge in [-0.3, -0.25) is 4.79 Å². The third-order valence-corrected chi connectivity index (χ3v) is 3.71. The van der Waals surface area contributed by atoms with Crippen molar-refractivity contribution in [3.05, 3.63) is 29.8 Å². The quantitative estimate of drug-likeness (QED) is 0.845. The predicted octanol–water partition coefficient (Wildman–Crippen LogP) is 2.34. The van der Waals surface area contributed by atoms with Crippen molar-refractivity contribution in [2.45, 2.75) is 33.2 Å². The minimum Gasteiger partial charge on any atom is -0.493 e. The van der Waals surface area contributed by atoms with Crippen LogP contribution in [0.5, 0.6) is 5.75 Å². The van der Waals surface area contributed by atoms with E-state index in [1.165, 1.54) is 0 Å². The summed E-state index contributed by atoms with van der Waals surface area (Å²) in [5, 5.41) is 6.33. The predicted molar refractivity (Wildman–Crippen MR) is 84.2 cm³/mol. The fourth-order valence-electron chi connectivity index (χ4n) is 2.46. The molecule has 4 nitrogen and oxygen atoms in total. The van der Waals surface area contributed by atoms with Crippen LogP contribution in [0.2, 0.25) is 0 Å². The van der Waals surface area contributed by atoms with Crippen molar-refractivity contribution in [3.63, 3.8) is 0 Å². The molecule has 1 aliphatic rings. The maximum atomic E-state index is 12.2. The van der Waals surface area contributed by atoms with Crippen LogP contribution in [0.1, 0.15) is 32.3 Å². The first-order valence-electron chi connectivity index (χ1n) is 7.86.